The second-order valence-corrected chi connectivity index (χ2v) is 33.9. The van der Waals surface area contributed by atoms with Gasteiger partial charge in [0.25, 0.3) is 0 Å². The molecule has 130 heavy (non-hydrogen) atoms. The fraction of sp³-hybridized carbons (Fsp3) is 0. The first-order chi connectivity index (χ1) is 64.5. The molecule has 19 aromatic carbocycles. The maximum Gasteiger partial charge on any atom is 0.235 e. The predicted octanol–water partition coefficient (Wildman–Crippen LogP) is 30.9. The van der Waals surface area contributed by atoms with Crippen molar-refractivity contribution in [2.24, 2.45) is 0 Å². The largest absolute Gasteiger partial charge is 0.455 e. The van der Waals surface area contributed by atoms with E-state index < -0.39 is 0 Å². The maximum absolute atomic E-state index is 6.72. The van der Waals surface area contributed by atoms with Crippen LogP contribution >= 0.6 is 11.3 Å². The van der Waals surface area contributed by atoms with E-state index in [1.54, 1.807) is 0 Å². The van der Waals surface area contributed by atoms with Crippen LogP contribution in [0.4, 0.5) is 0 Å². The van der Waals surface area contributed by atoms with Gasteiger partial charge in [-0.1, -0.05) is 340 Å². The number of fused-ring (bicyclic) bond motifs is 29. The molecule has 0 saturated carbocycles. The summed E-state index contributed by atoms with van der Waals surface area (Å²) in [6.07, 6.45) is 0. The Hall–Kier alpha value is -17.4. The molecule has 0 bridgehead atoms. The highest BCUT2D eigenvalue weighted by atomic mass is 32.1. The van der Waals surface area contributed by atoms with E-state index in [1.807, 2.05) is 114 Å². The second kappa shape index (κ2) is 30.2. The fourth-order valence-corrected chi connectivity index (χ4v) is 21.0. The molecule has 0 unspecified atom stereocenters. The van der Waals surface area contributed by atoms with Crippen LogP contribution in [0.2, 0.25) is 0 Å². The highest BCUT2D eigenvalue weighted by Crippen LogP contribution is 2.51. The molecule has 0 aliphatic heterocycles. The van der Waals surface area contributed by atoms with E-state index >= 15 is 0 Å². The summed E-state index contributed by atoms with van der Waals surface area (Å²) in [4.78, 5) is 35.6. The summed E-state index contributed by atoms with van der Waals surface area (Å²) >= 11 is 1.86. The van der Waals surface area contributed by atoms with E-state index in [-0.39, 0.29) is 0 Å². The highest BCUT2D eigenvalue weighted by Gasteiger charge is 2.28. The first-order valence-corrected chi connectivity index (χ1v) is 44.4. The molecular weight excluding hydrogens is 1610 g/mol. The van der Waals surface area contributed by atoms with E-state index in [9.17, 15) is 0 Å². The van der Waals surface area contributed by atoms with E-state index in [1.165, 1.54) is 79.9 Å². The molecule has 0 spiro atoms. The molecule has 13 heteroatoms. The lowest BCUT2D eigenvalue weighted by atomic mass is 9.99. The summed E-state index contributed by atoms with van der Waals surface area (Å²) < 4.78 is 22.6. The average molecular weight is 1680 g/mol. The van der Waals surface area contributed by atoms with Crippen molar-refractivity contribution >= 4 is 184 Å². The summed E-state index contributed by atoms with van der Waals surface area (Å²) in [5.74, 6) is 3.24. The van der Waals surface area contributed by atoms with Gasteiger partial charge in [0.05, 0.1) is 65.6 Å². The maximum atomic E-state index is 6.72. The van der Waals surface area contributed by atoms with Crippen LogP contribution < -0.4 is 0 Å². The van der Waals surface area contributed by atoms with Gasteiger partial charge < -0.3 is 13.4 Å². The standard InChI is InChI=1S/C43H26N4O.C38H23N3O.C36H21N3S/c1-3-13-27(14-4-1)41-44-42(28-15-5-2-6-16-28)46-43(45-41)29-23-25-30(26-24-29)47-35-21-11-9-19-33(35)37-31-17-7-8-18-32(31)38-34-20-10-12-22-36(34)48-40(38)39(37)47;1-2-10-24(11-3-1)25-18-20-26(21-19-25)36-29-13-4-7-15-31(29)39-38(40-36)41-32-16-8-5-14-30(32)35-33(41)23-22-28-27-12-6-9-17-34(27)42-37(28)35;1-2-12-22(13-3-1)33-25-16-6-9-19-28(25)37-36(38-33)39-29-20-10-7-17-26(29)31-23-14-4-5-15-24(23)32-27-18-8-11-21-30(27)40-35(32)34(31)39/h1-26H;1-23H;1-21H. The molecule has 0 N–H and O–H groups in total. The van der Waals surface area contributed by atoms with Crippen molar-refractivity contribution in [1.82, 2.24) is 48.6 Å². The molecule has 0 amide bonds. The van der Waals surface area contributed by atoms with Gasteiger partial charge in [-0.2, -0.15) is 0 Å². The minimum absolute atomic E-state index is 0.627. The Morgan fingerprint density at radius 2 is 0.569 bits per heavy atom. The number of nitrogens with zero attached hydrogens (tertiary/aromatic N) is 10. The van der Waals surface area contributed by atoms with Gasteiger partial charge >= 0.3 is 0 Å². The zero-order valence-electron chi connectivity index (χ0n) is 69.6. The zero-order chi connectivity index (χ0) is 85.4. The van der Waals surface area contributed by atoms with Gasteiger partial charge in [0.1, 0.15) is 16.7 Å². The number of aromatic nitrogens is 10. The summed E-state index contributed by atoms with van der Waals surface area (Å²) in [6, 6.07) is 148. The van der Waals surface area contributed by atoms with Gasteiger partial charge in [-0.25, -0.2) is 34.9 Å². The van der Waals surface area contributed by atoms with Crippen molar-refractivity contribution in [3.8, 4) is 85.4 Å². The number of hydrogen-bond acceptors (Lipinski definition) is 10. The normalized spacial score (nSPS) is 11.8. The molecule has 0 atom stereocenters. The van der Waals surface area contributed by atoms with Gasteiger partial charge in [0.2, 0.25) is 11.9 Å². The smallest absolute Gasteiger partial charge is 0.235 e. The van der Waals surface area contributed by atoms with E-state index in [0.29, 0.717) is 29.4 Å². The molecular formula is C117H70N10O2S. The molecule has 12 nitrogen and oxygen atoms in total. The fourth-order valence-electron chi connectivity index (χ4n) is 19.7. The van der Waals surface area contributed by atoms with Crippen LogP contribution in [0.3, 0.4) is 0 Å². The van der Waals surface area contributed by atoms with Gasteiger partial charge in [-0.3, -0.25) is 9.13 Å². The monoisotopic (exact) mass is 1680 g/mol. The van der Waals surface area contributed by atoms with Gasteiger partial charge in [-0.15, -0.1) is 11.3 Å². The van der Waals surface area contributed by atoms with Crippen molar-refractivity contribution in [3.05, 3.63) is 425 Å². The van der Waals surface area contributed by atoms with Crippen molar-refractivity contribution in [1.29, 1.82) is 0 Å². The van der Waals surface area contributed by atoms with Gasteiger partial charge in [0.15, 0.2) is 23.1 Å². The van der Waals surface area contributed by atoms with Crippen molar-refractivity contribution in [2.45, 2.75) is 0 Å². The number of benzene rings is 19. The number of furan rings is 2. The third-order valence-corrected chi connectivity index (χ3v) is 26.6. The Bertz CT molecular complexity index is 9370. The molecule has 0 radical (unpaired) electrons. The molecule has 9 heterocycles. The van der Waals surface area contributed by atoms with E-state index in [4.69, 9.17) is 43.7 Å². The van der Waals surface area contributed by atoms with Crippen LogP contribution in [-0.2, 0) is 0 Å². The Labute approximate surface area is 746 Å². The SMILES string of the molecule is c1ccc(-c2ccc(-c3nc(-n4c5ccccc5c5c6oc7ccccc7c6ccc54)nc4ccccc34)cc2)cc1.c1ccc(-c2nc(-c3ccccc3)nc(-c3ccc(-n4c5ccccc5c5c6ccccc6c6c7ccccc7oc6c54)cc3)n2)cc1.c1ccc(-c2nc(-n3c4ccccc4c4c5ccccc5c5c6ccccc6sc5c43)nc3ccccc23)cc1. The van der Waals surface area contributed by atoms with Crippen molar-refractivity contribution < 1.29 is 8.83 Å². The molecule has 606 valence electrons. The lowest BCUT2D eigenvalue weighted by Gasteiger charge is -2.12. The molecule has 0 aliphatic carbocycles. The van der Waals surface area contributed by atoms with Crippen LogP contribution in [0.1, 0.15) is 0 Å². The van der Waals surface area contributed by atoms with E-state index in [0.717, 1.165) is 149 Å². The van der Waals surface area contributed by atoms with Crippen LogP contribution in [0, 0.1) is 0 Å². The van der Waals surface area contributed by atoms with E-state index in [2.05, 4.69) is 335 Å². The number of thiophene rings is 1. The third kappa shape index (κ3) is 11.9. The second-order valence-electron chi connectivity index (χ2n) is 32.8. The highest BCUT2D eigenvalue weighted by molar-refractivity contribution is 7.27. The quantitative estimate of drug-likeness (QED) is 0.139. The topological polar surface area (TPSA) is 131 Å². The molecule has 0 saturated heterocycles. The zero-order valence-corrected chi connectivity index (χ0v) is 70.4. The van der Waals surface area contributed by atoms with Gasteiger partial charge in [-0.05, 0) is 118 Å². The Morgan fingerprint density at radius 1 is 0.200 bits per heavy atom. The molecule has 0 aliphatic rings. The van der Waals surface area contributed by atoms with Gasteiger partial charge in [0, 0.05) is 108 Å². The lowest BCUT2D eigenvalue weighted by Crippen LogP contribution is -2.03. The molecule has 28 rings (SSSR count). The summed E-state index contributed by atoms with van der Waals surface area (Å²) in [5.41, 5.74) is 22.1. The third-order valence-electron chi connectivity index (χ3n) is 25.5. The molecule has 0 fully saturated rings. The summed E-state index contributed by atoms with van der Waals surface area (Å²) in [7, 11) is 0. The number of para-hydroxylation sites is 7. The Balaban J connectivity index is 0.000000103. The summed E-state index contributed by atoms with van der Waals surface area (Å²) in [5, 5.41) is 21.1. The number of hydrogen-bond donors (Lipinski definition) is 0. The van der Waals surface area contributed by atoms with Crippen LogP contribution in [0.5, 0.6) is 0 Å². The van der Waals surface area contributed by atoms with Crippen molar-refractivity contribution in [2.75, 3.05) is 0 Å². The molecule has 28 aromatic rings. The van der Waals surface area contributed by atoms with Crippen LogP contribution in [-0.4, -0.2) is 48.6 Å². The average Bonchev–Trinajstić information content (AvgIpc) is 1.54. The van der Waals surface area contributed by atoms with Crippen LogP contribution in [0.15, 0.2) is 433 Å². The predicted molar refractivity (Wildman–Crippen MR) is 537 cm³/mol. The minimum Gasteiger partial charge on any atom is -0.455 e. The first-order valence-electron chi connectivity index (χ1n) is 43.6. The first kappa shape index (κ1) is 74.1. The number of rotatable bonds is 9. The van der Waals surface area contributed by atoms with Crippen LogP contribution in [0.25, 0.3) is 258 Å². The van der Waals surface area contributed by atoms with Crippen molar-refractivity contribution in [3.63, 3.8) is 0 Å². The Kier molecular flexibility index (Phi) is 17.2. The summed E-state index contributed by atoms with van der Waals surface area (Å²) in [6.45, 7) is 0. The minimum atomic E-state index is 0.627. The lowest BCUT2D eigenvalue weighted by molar-refractivity contribution is 0.671. The molecule has 9 aromatic heterocycles. The Morgan fingerprint density at radius 3 is 1.14 bits per heavy atom.